The van der Waals surface area contributed by atoms with Crippen LogP contribution in [-0.4, -0.2) is 96.4 Å². The first-order valence-electron chi connectivity index (χ1n) is 10.8. The van der Waals surface area contributed by atoms with Gasteiger partial charge in [0.05, 0.1) is 6.54 Å². The molecule has 2 amide bonds. The molecule has 4 rings (SSSR count). The van der Waals surface area contributed by atoms with Crippen molar-refractivity contribution in [2.24, 2.45) is 0 Å². The smallest absolute Gasteiger partial charge is 0.253 e. The molecule has 1 aromatic carbocycles. The first kappa shape index (κ1) is 20.6. The Labute approximate surface area is 178 Å². The minimum absolute atomic E-state index is 0.0185. The van der Waals surface area contributed by atoms with E-state index in [-0.39, 0.29) is 11.8 Å². The van der Waals surface area contributed by atoms with Crippen molar-refractivity contribution in [1.29, 1.82) is 0 Å². The molecule has 0 atom stereocenters. The molecule has 0 bridgehead atoms. The van der Waals surface area contributed by atoms with Gasteiger partial charge >= 0.3 is 0 Å². The summed E-state index contributed by atoms with van der Waals surface area (Å²) in [6, 6.07) is 6.23. The Morgan fingerprint density at radius 1 is 0.966 bits per heavy atom. The lowest BCUT2D eigenvalue weighted by atomic mass is 9.91. The average Bonchev–Trinajstić information content (AvgIpc) is 2.69. The zero-order chi connectivity index (χ0) is 20.4. The van der Waals surface area contributed by atoms with E-state index < -0.39 is 0 Å². The standard InChI is InChI=1S/C22H31ClN4O2/c1-17-5-6-18(15-20(17)23)22(29)27-9-7-24(8-10-27)16-21(28)26-13-11-25(12-14-26)19-3-2-4-19/h5-6,15,19H,2-4,7-14,16H2,1H3. The lowest BCUT2D eigenvalue weighted by Crippen LogP contribution is -2.56. The average molecular weight is 419 g/mol. The first-order chi connectivity index (χ1) is 14.0. The van der Waals surface area contributed by atoms with Gasteiger partial charge in [0.1, 0.15) is 0 Å². The Balaban J connectivity index is 1.22. The number of hydrogen-bond acceptors (Lipinski definition) is 4. The maximum atomic E-state index is 12.7. The summed E-state index contributed by atoms with van der Waals surface area (Å²) in [6.07, 6.45) is 4.01. The molecular weight excluding hydrogens is 388 g/mol. The summed E-state index contributed by atoms with van der Waals surface area (Å²) in [5.41, 5.74) is 1.61. The van der Waals surface area contributed by atoms with Gasteiger partial charge in [-0.15, -0.1) is 0 Å². The molecule has 29 heavy (non-hydrogen) atoms. The molecule has 6 nitrogen and oxygen atoms in total. The number of hydrogen-bond donors (Lipinski definition) is 0. The van der Waals surface area contributed by atoms with Gasteiger partial charge in [-0.3, -0.25) is 19.4 Å². The number of rotatable bonds is 4. The fraction of sp³-hybridized carbons (Fsp3) is 0.636. The number of piperazine rings is 2. The zero-order valence-electron chi connectivity index (χ0n) is 17.3. The Morgan fingerprint density at radius 2 is 1.62 bits per heavy atom. The van der Waals surface area contributed by atoms with Gasteiger partial charge < -0.3 is 9.80 Å². The summed E-state index contributed by atoms with van der Waals surface area (Å²) >= 11 is 6.16. The number of carbonyl (C=O) groups is 2. The molecule has 2 aliphatic heterocycles. The maximum Gasteiger partial charge on any atom is 0.253 e. The Hall–Kier alpha value is -1.63. The zero-order valence-corrected chi connectivity index (χ0v) is 18.0. The van der Waals surface area contributed by atoms with Gasteiger partial charge in [0, 0.05) is 69.0 Å². The molecule has 0 aromatic heterocycles. The second kappa shape index (κ2) is 9.02. The highest BCUT2D eigenvalue weighted by atomic mass is 35.5. The Kier molecular flexibility index (Phi) is 6.42. The maximum absolute atomic E-state index is 12.7. The molecule has 3 fully saturated rings. The van der Waals surface area contributed by atoms with E-state index in [1.165, 1.54) is 19.3 Å². The largest absolute Gasteiger partial charge is 0.339 e. The molecule has 0 N–H and O–H groups in total. The SMILES string of the molecule is Cc1ccc(C(=O)N2CCN(CC(=O)N3CCN(C4CCC4)CC3)CC2)cc1Cl. The van der Waals surface area contributed by atoms with E-state index in [2.05, 4.69) is 9.80 Å². The van der Waals surface area contributed by atoms with Crippen molar-refractivity contribution in [1.82, 2.24) is 19.6 Å². The number of benzene rings is 1. The quantitative estimate of drug-likeness (QED) is 0.751. The van der Waals surface area contributed by atoms with Gasteiger partial charge in [0.15, 0.2) is 0 Å². The van der Waals surface area contributed by atoms with Crippen LogP contribution < -0.4 is 0 Å². The number of carbonyl (C=O) groups excluding carboxylic acids is 2. The molecule has 2 heterocycles. The van der Waals surface area contributed by atoms with Gasteiger partial charge in [-0.1, -0.05) is 24.1 Å². The highest BCUT2D eigenvalue weighted by Gasteiger charge is 2.30. The Morgan fingerprint density at radius 3 is 2.21 bits per heavy atom. The highest BCUT2D eigenvalue weighted by molar-refractivity contribution is 6.31. The van der Waals surface area contributed by atoms with Crippen molar-refractivity contribution in [2.45, 2.75) is 32.2 Å². The lowest BCUT2D eigenvalue weighted by molar-refractivity contribution is -0.135. The molecule has 0 spiro atoms. The monoisotopic (exact) mass is 418 g/mol. The van der Waals surface area contributed by atoms with E-state index in [1.54, 1.807) is 6.07 Å². The van der Waals surface area contributed by atoms with Gasteiger partial charge in [-0.05, 0) is 37.5 Å². The molecule has 3 aliphatic rings. The second-order valence-corrected chi connectivity index (χ2v) is 8.94. The fourth-order valence-corrected chi connectivity index (χ4v) is 4.58. The minimum atomic E-state index is 0.0185. The first-order valence-corrected chi connectivity index (χ1v) is 11.2. The molecule has 1 aromatic rings. The number of halogens is 1. The van der Waals surface area contributed by atoms with E-state index in [9.17, 15) is 9.59 Å². The fourth-order valence-electron chi connectivity index (χ4n) is 4.40. The van der Waals surface area contributed by atoms with Crippen molar-refractivity contribution < 1.29 is 9.59 Å². The van der Waals surface area contributed by atoms with E-state index in [1.807, 2.05) is 28.9 Å². The van der Waals surface area contributed by atoms with E-state index in [0.717, 1.165) is 50.9 Å². The van der Waals surface area contributed by atoms with Crippen LogP contribution >= 0.6 is 11.6 Å². The van der Waals surface area contributed by atoms with Crippen LogP contribution in [0.25, 0.3) is 0 Å². The number of aryl methyl sites for hydroxylation is 1. The lowest BCUT2D eigenvalue weighted by Gasteiger charge is -2.43. The summed E-state index contributed by atoms with van der Waals surface area (Å²) in [5.74, 6) is 0.244. The molecule has 1 aliphatic carbocycles. The molecule has 0 radical (unpaired) electrons. The van der Waals surface area contributed by atoms with E-state index in [0.29, 0.717) is 30.2 Å². The van der Waals surface area contributed by atoms with Gasteiger partial charge in [-0.25, -0.2) is 0 Å². The van der Waals surface area contributed by atoms with Crippen molar-refractivity contribution >= 4 is 23.4 Å². The van der Waals surface area contributed by atoms with Crippen molar-refractivity contribution in [3.05, 3.63) is 34.3 Å². The molecule has 0 unspecified atom stereocenters. The Bertz CT molecular complexity index is 751. The van der Waals surface area contributed by atoms with Crippen LogP contribution in [0.4, 0.5) is 0 Å². The molecule has 1 saturated carbocycles. The molecular formula is C22H31ClN4O2. The highest BCUT2D eigenvalue weighted by Crippen LogP contribution is 2.25. The third-order valence-electron chi connectivity index (χ3n) is 6.70. The van der Waals surface area contributed by atoms with Crippen LogP contribution in [-0.2, 0) is 4.79 Å². The normalized spacial score (nSPS) is 21.9. The van der Waals surface area contributed by atoms with Crippen LogP contribution in [0.2, 0.25) is 5.02 Å². The van der Waals surface area contributed by atoms with Crippen LogP contribution in [0.3, 0.4) is 0 Å². The van der Waals surface area contributed by atoms with Crippen LogP contribution in [0, 0.1) is 6.92 Å². The van der Waals surface area contributed by atoms with Crippen molar-refractivity contribution in [2.75, 3.05) is 58.9 Å². The third-order valence-corrected chi connectivity index (χ3v) is 7.10. The van der Waals surface area contributed by atoms with Crippen LogP contribution in [0.15, 0.2) is 18.2 Å². The van der Waals surface area contributed by atoms with Crippen molar-refractivity contribution in [3.8, 4) is 0 Å². The summed E-state index contributed by atoms with van der Waals surface area (Å²) in [5, 5.41) is 0.623. The second-order valence-electron chi connectivity index (χ2n) is 8.53. The predicted octanol–water partition coefficient (Wildman–Crippen LogP) is 2.10. The number of nitrogens with zero attached hydrogens (tertiary/aromatic N) is 4. The van der Waals surface area contributed by atoms with E-state index in [4.69, 9.17) is 11.6 Å². The minimum Gasteiger partial charge on any atom is -0.339 e. The van der Waals surface area contributed by atoms with Gasteiger partial charge in [0.2, 0.25) is 5.91 Å². The summed E-state index contributed by atoms with van der Waals surface area (Å²) in [4.78, 5) is 34.0. The predicted molar refractivity (Wildman–Crippen MR) is 114 cm³/mol. The summed E-state index contributed by atoms with van der Waals surface area (Å²) in [7, 11) is 0. The topological polar surface area (TPSA) is 47.1 Å². The summed E-state index contributed by atoms with van der Waals surface area (Å²) < 4.78 is 0. The van der Waals surface area contributed by atoms with Crippen LogP contribution in [0.5, 0.6) is 0 Å². The summed E-state index contributed by atoms with van der Waals surface area (Å²) in [6.45, 7) is 8.87. The molecule has 7 heteroatoms. The molecule has 2 saturated heterocycles. The van der Waals surface area contributed by atoms with Crippen LogP contribution in [0.1, 0.15) is 35.2 Å². The van der Waals surface area contributed by atoms with Crippen molar-refractivity contribution in [3.63, 3.8) is 0 Å². The van der Waals surface area contributed by atoms with E-state index >= 15 is 0 Å². The van der Waals surface area contributed by atoms with Gasteiger partial charge in [0.25, 0.3) is 5.91 Å². The molecule has 158 valence electrons. The van der Waals surface area contributed by atoms with Gasteiger partial charge in [-0.2, -0.15) is 0 Å². The number of amides is 2. The third kappa shape index (κ3) is 4.76.